The largest absolute Gasteiger partial charge is 0.854 e. The molecular weight excluding hydrogens is 504 g/mol. The van der Waals surface area contributed by atoms with Crippen LogP contribution >= 0.6 is 27.7 Å². The van der Waals surface area contributed by atoms with Crippen LogP contribution in [0, 0.1) is 0 Å². The molecule has 4 aromatic rings. The fourth-order valence-corrected chi connectivity index (χ4v) is 4.75. The van der Waals surface area contributed by atoms with E-state index < -0.39 is 12.0 Å². The average molecular weight is 523 g/mol. The lowest BCUT2D eigenvalue weighted by Gasteiger charge is -2.32. The van der Waals surface area contributed by atoms with Crippen LogP contribution in [0.1, 0.15) is 25.3 Å². The number of hydrogen-bond donors (Lipinski definition) is 0. The molecule has 0 saturated carbocycles. The zero-order valence-corrected chi connectivity index (χ0v) is 20.3. The van der Waals surface area contributed by atoms with Gasteiger partial charge in [-0.05, 0) is 47.3 Å². The highest BCUT2D eigenvalue weighted by Gasteiger charge is 2.46. The summed E-state index contributed by atoms with van der Waals surface area (Å²) < 4.78 is 8.77. The molecular formula is C24H19BrN4O3S. The van der Waals surface area contributed by atoms with Crippen LogP contribution in [0.5, 0.6) is 5.88 Å². The van der Waals surface area contributed by atoms with Crippen molar-refractivity contribution in [3.63, 3.8) is 0 Å². The Morgan fingerprint density at radius 1 is 1.21 bits per heavy atom. The molecule has 0 aliphatic carbocycles. The third-order valence-corrected chi connectivity index (χ3v) is 6.49. The standard InChI is InChI=1S/C24H19BrN4O3S/c1-3-20(30)28-17-10-5-4-9-16(17)21-22(31)26-24(33-2)27-29(21)23(28)19-12-11-18(32-19)14-7-6-8-15(25)13-14/h4-13,23H,3H2,1-2H3. The lowest BCUT2D eigenvalue weighted by atomic mass is 10.0. The predicted molar refractivity (Wildman–Crippen MR) is 127 cm³/mol. The molecule has 33 heavy (non-hydrogen) atoms. The molecule has 1 aliphatic heterocycles. The number of nitrogens with zero attached hydrogens (tertiary/aromatic N) is 4. The van der Waals surface area contributed by atoms with Gasteiger partial charge in [-0.1, -0.05) is 58.9 Å². The number of benzene rings is 2. The lowest BCUT2D eigenvalue weighted by Crippen LogP contribution is -2.59. The van der Waals surface area contributed by atoms with Gasteiger partial charge in [0.05, 0.1) is 17.1 Å². The summed E-state index contributed by atoms with van der Waals surface area (Å²) in [7, 11) is 0. The van der Waals surface area contributed by atoms with Crippen LogP contribution in [0.4, 0.5) is 5.69 Å². The van der Waals surface area contributed by atoms with Crippen molar-refractivity contribution in [2.24, 2.45) is 0 Å². The molecule has 0 spiro atoms. The SMILES string of the molecule is CCC(=O)N1c2ccccc2-c2c([O-])nc(SC)n[n+]2C1c1ccc(-c2cccc(Br)c2)o1. The monoisotopic (exact) mass is 522 g/mol. The minimum atomic E-state index is -0.759. The first-order chi connectivity index (χ1) is 16.0. The highest BCUT2D eigenvalue weighted by atomic mass is 79.9. The van der Waals surface area contributed by atoms with Crippen LogP contribution in [-0.2, 0) is 4.79 Å². The third kappa shape index (κ3) is 3.71. The fraction of sp³-hybridized carbons (Fsp3) is 0.167. The molecule has 5 rings (SSSR count). The van der Waals surface area contributed by atoms with Gasteiger partial charge in [-0.15, -0.1) is 0 Å². The van der Waals surface area contributed by atoms with Crippen molar-refractivity contribution in [1.29, 1.82) is 0 Å². The van der Waals surface area contributed by atoms with Crippen molar-refractivity contribution in [3.8, 4) is 28.5 Å². The number of para-hydroxylation sites is 1. The topological polar surface area (TPSA) is 86.2 Å². The van der Waals surface area contributed by atoms with Crippen LogP contribution in [-0.4, -0.2) is 22.2 Å². The Balaban J connectivity index is 1.75. The van der Waals surface area contributed by atoms with Gasteiger partial charge in [0, 0.05) is 21.6 Å². The fourth-order valence-electron chi connectivity index (χ4n) is 4.01. The molecule has 0 fully saturated rings. The van der Waals surface area contributed by atoms with Crippen molar-refractivity contribution in [3.05, 3.63) is 70.9 Å². The molecule has 7 nitrogen and oxygen atoms in total. The van der Waals surface area contributed by atoms with Crippen LogP contribution < -0.4 is 14.7 Å². The van der Waals surface area contributed by atoms with E-state index in [-0.39, 0.29) is 12.3 Å². The van der Waals surface area contributed by atoms with Crippen molar-refractivity contribution in [2.45, 2.75) is 24.7 Å². The van der Waals surface area contributed by atoms with Gasteiger partial charge in [0.15, 0.2) is 5.76 Å². The molecule has 2 aromatic carbocycles. The number of furan rings is 1. The predicted octanol–water partition coefficient (Wildman–Crippen LogP) is 4.55. The molecule has 0 N–H and O–H groups in total. The second kappa shape index (κ2) is 8.64. The van der Waals surface area contributed by atoms with Crippen molar-refractivity contribution in [1.82, 2.24) is 10.1 Å². The average Bonchev–Trinajstić information content (AvgIpc) is 3.32. The van der Waals surface area contributed by atoms with E-state index in [1.807, 2.05) is 67.6 Å². The maximum Gasteiger partial charge on any atom is 0.325 e. The number of carbonyl (C=O) groups is 1. The van der Waals surface area contributed by atoms with Crippen LogP contribution in [0.2, 0.25) is 0 Å². The molecule has 1 unspecified atom stereocenters. The molecule has 0 saturated heterocycles. The summed E-state index contributed by atoms with van der Waals surface area (Å²) in [5.74, 6) is 0.646. The number of anilines is 1. The highest BCUT2D eigenvalue weighted by molar-refractivity contribution is 9.10. The minimum absolute atomic E-state index is 0.109. The van der Waals surface area contributed by atoms with Gasteiger partial charge in [-0.3, -0.25) is 4.79 Å². The smallest absolute Gasteiger partial charge is 0.325 e. The van der Waals surface area contributed by atoms with E-state index in [9.17, 15) is 9.90 Å². The number of hydrogen-bond acceptors (Lipinski definition) is 6. The quantitative estimate of drug-likeness (QED) is 0.288. The normalized spacial score (nSPS) is 14.6. The van der Waals surface area contributed by atoms with Crippen molar-refractivity contribution >= 4 is 39.3 Å². The molecule has 1 aliphatic rings. The van der Waals surface area contributed by atoms with Gasteiger partial charge in [0.2, 0.25) is 5.91 Å². The number of aromatic nitrogens is 3. The summed E-state index contributed by atoms with van der Waals surface area (Å²) >= 11 is 4.76. The zero-order valence-electron chi connectivity index (χ0n) is 17.9. The molecule has 0 radical (unpaired) electrons. The van der Waals surface area contributed by atoms with E-state index in [0.29, 0.717) is 33.6 Å². The number of halogens is 1. The summed E-state index contributed by atoms with van der Waals surface area (Å²) in [5, 5.41) is 18.0. The first kappa shape index (κ1) is 21.7. The Labute approximate surface area is 203 Å². The highest BCUT2D eigenvalue weighted by Crippen LogP contribution is 2.42. The molecule has 1 amide bonds. The maximum absolute atomic E-state index is 13.2. The van der Waals surface area contributed by atoms with E-state index >= 15 is 0 Å². The Morgan fingerprint density at radius 2 is 2.03 bits per heavy atom. The third-order valence-electron chi connectivity index (χ3n) is 5.46. The molecule has 166 valence electrons. The first-order valence-corrected chi connectivity index (χ1v) is 12.4. The Bertz CT molecular complexity index is 1370. The molecule has 1 atom stereocenters. The van der Waals surface area contributed by atoms with E-state index in [4.69, 9.17) is 4.42 Å². The van der Waals surface area contributed by atoms with Gasteiger partial charge in [0.1, 0.15) is 5.76 Å². The summed E-state index contributed by atoms with van der Waals surface area (Å²) in [6.07, 6.45) is 1.33. The number of amides is 1. The minimum Gasteiger partial charge on any atom is -0.854 e. The summed E-state index contributed by atoms with van der Waals surface area (Å²) in [6.45, 7) is 1.81. The second-order valence-corrected chi connectivity index (χ2v) is 9.11. The van der Waals surface area contributed by atoms with Gasteiger partial charge in [-0.25, -0.2) is 9.88 Å². The van der Waals surface area contributed by atoms with Gasteiger partial charge in [0.25, 0.3) is 10.9 Å². The first-order valence-electron chi connectivity index (χ1n) is 10.3. The maximum atomic E-state index is 13.2. The second-order valence-electron chi connectivity index (χ2n) is 7.42. The van der Waals surface area contributed by atoms with Gasteiger partial charge < -0.3 is 9.52 Å². The van der Waals surface area contributed by atoms with Crippen LogP contribution in [0.25, 0.3) is 22.6 Å². The summed E-state index contributed by atoms with van der Waals surface area (Å²) in [5.41, 5.74) is 2.47. The summed E-state index contributed by atoms with van der Waals surface area (Å²) in [4.78, 5) is 19.0. The van der Waals surface area contributed by atoms with E-state index in [0.717, 1.165) is 10.0 Å². The van der Waals surface area contributed by atoms with Crippen LogP contribution in [0.15, 0.2) is 74.7 Å². The number of fused-ring (bicyclic) bond motifs is 3. The van der Waals surface area contributed by atoms with E-state index in [1.165, 1.54) is 11.8 Å². The number of rotatable bonds is 4. The Hall–Kier alpha value is -3.17. The number of carbonyl (C=O) groups excluding carboxylic acids is 1. The van der Waals surface area contributed by atoms with Gasteiger partial charge in [-0.2, -0.15) is 0 Å². The van der Waals surface area contributed by atoms with Crippen molar-refractivity contribution in [2.75, 3.05) is 11.2 Å². The molecule has 9 heteroatoms. The van der Waals surface area contributed by atoms with Gasteiger partial charge >= 0.3 is 6.17 Å². The lowest BCUT2D eigenvalue weighted by molar-refractivity contribution is -0.765. The molecule has 0 bridgehead atoms. The Morgan fingerprint density at radius 3 is 2.79 bits per heavy atom. The van der Waals surface area contributed by atoms with E-state index in [2.05, 4.69) is 26.0 Å². The molecule has 3 heterocycles. The zero-order chi connectivity index (χ0) is 23.1. The number of thioether (sulfide) groups is 1. The summed E-state index contributed by atoms with van der Waals surface area (Å²) in [6, 6.07) is 18.8. The van der Waals surface area contributed by atoms with E-state index in [1.54, 1.807) is 15.8 Å². The van der Waals surface area contributed by atoms with Crippen LogP contribution in [0.3, 0.4) is 0 Å². The molecule has 2 aromatic heterocycles. The Kier molecular flexibility index (Phi) is 5.67. The van der Waals surface area contributed by atoms with Crippen molar-refractivity contribution < 1.29 is 19.0 Å².